The largest absolute Gasteiger partial charge is 0.334 e. The zero-order valence-electron chi connectivity index (χ0n) is 14.8. The van der Waals surface area contributed by atoms with Crippen LogP contribution < -0.4 is 0 Å². The van der Waals surface area contributed by atoms with Gasteiger partial charge in [0, 0.05) is 24.2 Å². The number of benzene rings is 1. The van der Waals surface area contributed by atoms with Gasteiger partial charge in [0.05, 0.1) is 5.69 Å². The molecule has 2 aromatic rings. The smallest absolute Gasteiger partial charge is 0.254 e. The molecule has 4 rings (SSSR count). The molecule has 2 aliphatic heterocycles. The highest BCUT2D eigenvalue weighted by atomic mass is 16.2. The Balaban J connectivity index is 1.57. The Morgan fingerprint density at radius 2 is 1.96 bits per heavy atom. The number of rotatable bonds is 3. The second-order valence-corrected chi connectivity index (χ2v) is 7.15. The number of aryl methyl sites for hydroxylation is 1. The van der Waals surface area contributed by atoms with Gasteiger partial charge in [-0.3, -0.25) is 4.79 Å². The highest BCUT2D eigenvalue weighted by Crippen LogP contribution is 2.30. The van der Waals surface area contributed by atoms with E-state index < -0.39 is 0 Å². The molecular formula is C18H24N6O. The number of tetrazole rings is 1. The Kier molecular flexibility index (Phi) is 4.25. The van der Waals surface area contributed by atoms with Crippen molar-refractivity contribution < 1.29 is 4.79 Å². The minimum absolute atomic E-state index is 0.147. The van der Waals surface area contributed by atoms with Crippen molar-refractivity contribution in [3.8, 4) is 5.69 Å². The Bertz CT molecular complexity index is 759. The predicted molar refractivity (Wildman–Crippen MR) is 93.6 cm³/mol. The molecule has 7 heteroatoms. The molecule has 2 saturated heterocycles. The summed E-state index contributed by atoms with van der Waals surface area (Å²) in [6.45, 7) is 3.99. The standard InChI is InChI=1S/C18H24N6O/c1-13-11-14(7-8-15(13)24-12-19-20-21-24)18(25)23-10-4-6-17(23)16-5-3-9-22(16)2/h7-8,11-12,16-17H,3-6,9-10H2,1-2H3. The van der Waals surface area contributed by atoms with Gasteiger partial charge >= 0.3 is 0 Å². The van der Waals surface area contributed by atoms with Crippen molar-refractivity contribution in [2.75, 3.05) is 20.1 Å². The molecule has 132 valence electrons. The molecule has 0 bridgehead atoms. The van der Waals surface area contributed by atoms with Crippen LogP contribution >= 0.6 is 0 Å². The number of likely N-dealkylation sites (N-methyl/N-ethyl adjacent to an activating group) is 1. The average Bonchev–Trinajstić information content (AvgIpc) is 3.35. The van der Waals surface area contributed by atoms with Gasteiger partial charge in [-0.15, -0.1) is 5.10 Å². The lowest BCUT2D eigenvalue weighted by molar-refractivity contribution is 0.0664. The van der Waals surface area contributed by atoms with E-state index >= 15 is 0 Å². The molecular weight excluding hydrogens is 316 g/mol. The number of likely N-dealkylation sites (tertiary alicyclic amines) is 2. The fourth-order valence-electron chi connectivity index (χ4n) is 4.35. The molecule has 0 saturated carbocycles. The van der Waals surface area contributed by atoms with Crippen molar-refractivity contribution in [3.63, 3.8) is 0 Å². The second-order valence-electron chi connectivity index (χ2n) is 7.15. The molecule has 1 amide bonds. The summed E-state index contributed by atoms with van der Waals surface area (Å²) in [7, 11) is 2.18. The van der Waals surface area contributed by atoms with E-state index in [2.05, 4.69) is 32.4 Å². The second kappa shape index (κ2) is 6.55. The first kappa shape index (κ1) is 16.2. The summed E-state index contributed by atoms with van der Waals surface area (Å²) in [5.41, 5.74) is 2.64. The Labute approximate surface area is 147 Å². The van der Waals surface area contributed by atoms with Gasteiger partial charge in [-0.25, -0.2) is 4.68 Å². The maximum atomic E-state index is 13.1. The van der Waals surface area contributed by atoms with Crippen LogP contribution in [0.25, 0.3) is 5.69 Å². The SMILES string of the molecule is Cc1cc(C(=O)N2CCCC2C2CCCN2C)ccc1-n1cnnn1. The third kappa shape index (κ3) is 2.93. The highest BCUT2D eigenvalue weighted by molar-refractivity contribution is 5.95. The van der Waals surface area contributed by atoms with Crippen LogP contribution in [0, 0.1) is 6.92 Å². The lowest BCUT2D eigenvalue weighted by atomic mass is 10.0. The fourth-order valence-corrected chi connectivity index (χ4v) is 4.35. The van der Waals surface area contributed by atoms with Crippen LogP contribution in [-0.4, -0.2) is 68.1 Å². The molecule has 2 aliphatic rings. The van der Waals surface area contributed by atoms with Crippen molar-refractivity contribution in [1.29, 1.82) is 0 Å². The first-order valence-corrected chi connectivity index (χ1v) is 9.00. The van der Waals surface area contributed by atoms with Gasteiger partial charge in [-0.2, -0.15) is 0 Å². The molecule has 0 spiro atoms. The molecule has 1 aromatic carbocycles. The topological polar surface area (TPSA) is 67.2 Å². The summed E-state index contributed by atoms with van der Waals surface area (Å²) in [4.78, 5) is 17.6. The molecule has 7 nitrogen and oxygen atoms in total. The molecule has 2 atom stereocenters. The zero-order valence-corrected chi connectivity index (χ0v) is 14.8. The zero-order chi connectivity index (χ0) is 17.4. The molecule has 1 aromatic heterocycles. The van der Waals surface area contributed by atoms with Crippen LogP contribution in [0.4, 0.5) is 0 Å². The van der Waals surface area contributed by atoms with Gasteiger partial charge in [0.1, 0.15) is 6.33 Å². The number of amides is 1. The van der Waals surface area contributed by atoms with Crippen molar-refractivity contribution >= 4 is 5.91 Å². The number of carbonyl (C=O) groups excluding carboxylic acids is 1. The van der Waals surface area contributed by atoms with E-state index in [9.17, 15) is 4.79 Å². The first-order chi connectivity index (χ1) is 12.1. The molecule has 2 fully saturated rings. The number of nitrogens with zero attached hydrogens (tertiary/aromatic N) is 6. The van der Waals surface area contributed by atoms with Gasteiger partial charge in [0.2, 0.25) is 0 Å². The van der Waals surface area contributed by atoms with Crippen LogP contribution in [0.1, 0.15) is 41.6 Å². The summed E-state index contributed by atoms with van der Waals surface area (Å²) >= 11 is 0. The van der Waals surface area contributed by atoms with Gasteiger partial charge < -0.3 is 9.80 Å². The predicted octanol–water partition coefficient (Wildman–Crippen LogP) is 1.67. The minimum atomic E-state index is 0.147. The van der Waals surface area contributed by atoms with Crippen LogP contribution in [0.3, 0.4) is 0 Å². The molecule has 3 heterocycles. The van der Waals surface area contributed by atoms with Crippen molar-refractivity contribution in [2.24, 2.45) is 0 Å². The summed E-state index contributed by atoms with van der Waals surface area (Å²) in [5, 5.41) is 11.3. The molecule has 0 aliphatic carbocycles. The van der Waals surface area contributed by atoms with E-state index in [1.54, 1.807) is 11.0 Å². The number of hydrogen-bond acceptors (Lipinski definition) is 5. The van der Waals surface area contributed by atoms with Gasteiger partial charge in [-0.05, 0) is 80.4 Å². The van der Waals surface area contributed by atoms with E-state index in [0.29, 0.717) is 12.1 Å². The Hall–Kier alpha value is -2.28. The summed E-state index contributed by atoms with van der Waals surface area (Å²) in [5.74, 6) is 0.147. The first-order valence-electron chi connectivity index (χ1n) is 9.00. The lowest BCUT2D eigenvalue weighted by Gasteiger charge is -2.33. The Morgan fingerprint density at radius 3 is 2.64 bits per heavy atom. The van der Waals surface area contributed by atoms with Crippen LogP contribution in [0.15, 0.2) is 24.5 Å². The highest BCUT2D eigenvalue weighted by Gasteiger charge is 2.38. The van der Waals surface area contributed by atoms with E-state index in [0.717, 1.165) is 42.7 Å². The van der Waals surface area contributed by atoms with Crippen molar-refractivity contribution in [1.82, 2.24) is 30.0 Å². The fraction of sp³-hybridized carbons (Fsp3) is 0.556. The number of carbonyl (C=O) groups is 1. The number of aromatic nitrogens is 4. The van der Waals surface area contributed by atoms with Gasteiger partial charge in [-0.1, -0.05) is 0 Å². The average molecular weight is 340 g/mol. The minimum Gasteiger partial charge on any atom is -0.334 e. The van der Waals surface area contributed by atoms with Crippen LogP contribution in [0.2, 0.25) is 0 Å². The Morgan fingerprint density at radius 1 is 1.16 bits per heavy atom. The molecule has 0 radical (unpaired) electrons. The van der Waals surface area contributed by atoms with Crippen LogP contribution in [0.5, 0.6) is 0 Å². The summed E-state index contributed by atoms with van der Waals surface area (Å²) in [6.07, 6.45) is 6.21. The van der Waals surface area contributed by atoms with Crippen LogP contribution in [-0.2, 0) is 0 Å². The maximum Gasteiger partial charge on any atom is 0.254 e. The number of hydrogen-bond donors (Lipinski definition) is 0. The molecule has 0 N–H and O–H groups in total. The monoisotopic (exact) mass is 340 g/mol. The lowest BCUT2D eigenvalue weighted by Crippen LogP contribution is -2.47. The molecule has 2 unspecified atom stereocenters. The van der Waals surface area contributed by atoms with Crippen molar-refractivity contribution in [2.45, 2.75) is 44.7 Å². The maximum absolute atomic E-state index is 13.1. The van der Waals surface area contributed by atoms with Gasteiger partial charge in [0.15, 0.2) is 0 Å². The van der Waals surface area contributed by atoms with Gasteiger partial charge in [0.25, 0.3) is 5.91 Å². The van der Waals surface area contributed by atoms with Crippen molar-refractivity contribution in [3.05, 3.63) is 35.7 Å². The van der Waals surface area contributed by atoms with E-state index in [1.165, 1.54) is 12.8 Å². The normalized spacial score (nSPS) is 24.2. The molecule has 25 heavy (non-hydrogen) atoms. The summed E-state index contributed by atoms with van der Waals surface area (Å²) < 4.78 is 1.62. The third-order valence-corrected chi connectivity index (χ3v) is 5.62. The quantitative estimate of drug-likeness (QED) is 0.850. The van der Waals surface area contributed by atoms with E-state index in [1.807, 2.05) is 25.1 Å². The van der Waals surface area contributed by atoms with E-state index in [4.69, 9.17) is 0 Å². The van der Waals surface area contributed by atoms with E-state index in [-0.39, 0.29) is 5.91 Å². The summed E-state index contributed by atoms with van der Waals surface area (Å²) in [6, 6.07) is 6.62. The third-order valence-electron chi connectivity index (χ3n) is 5.62.